The molecule has 0 fully saturated rings. The van der Waals surface area contributed by atoms with Crippen LogP contribution in [-0.2, 0) is 9.53 Å². The Morgan fingerprint density at radius 2 is 1.87 bits per heavy atom. The quantitative estimate of drug-likeness (QED) is 0.603. The highest BCUT2D eigenvalue weighted by Gasteiger charge is 2.15. The van der Waals surface area contributed by atoms with Gasteiger partial charge in [0.2, 0.25) is 0 Å². The van der Waals surface area contributed by atoms with E-state index in [1.54, 1.807) is 0 Å². The van der Waals surface area contributed by atoms with E-state index < -0.39 is 23.4 Å². The average molecular weight is 214 g/mol. The first-order valence-electron chi connectivity index (χ1n) is 3.93. The van der Waals surface area contributed by atoms with Gasteiger partial charge in [-0.25, -0.2) is 13.6 Å². The summed E-state index contributed by atoms with van der Waals surface area (Å²) in [6.45, 7) is 3.32. The van der Waals surface area contributed by atoms with Crippen molar-refractivity contribution in [2.75, 3.05) is 7.11 Å². The van der Waals surface area contributed by atoms with E-state index in [0.717, 1.165) is 19.2 Å². The van der Waals surface area contributed by atoms with Crippen LogP contribution in [0.4, 0.5) is 8.78 Å². The number of phenolic OH excluding ortho intramolecular Hbond substituents is 1. The van der Waals surface area contributed by atoms with Gasteiger partial charge >= 0.3 is 5.97 Å². The van der Waals surface area contributed by atoms with Crippen LogP contribution in [0.2, 0.25) is 0 Å². The maximum Gasteiger partial charge on any atom is 0.337 e. The van der Waals surface area contributed by atoms with Crippen LogP contribution < -0.4 is 0 Å². The summed E-state index contributed by atoms with van der Waals surface area (Å²) in [7, 11) is 1.13. The average Bonchev–Trinajstić information content (AvgIpc) is 2.23. The number of phenols is 1. The van der Waals surface area contributed by atoms with E-state index in [1.165, 1.54) is 0 Å². The van der Waals surface area contributed by atoms with Crippen molar-refractivity contribution < 1.29 is 23.4 Å². The van der Waals surface area contributed by atoms with Gasteiger partial charge in [0.25, 0.3) is 0 Å². The lowest BCUT2D eigenvalue weighted by Gasteiger charge is -2.05. The Balaban J connectivity index is 3.17. The molecule has 15 heavy (non-hydrogen) atoms. The maximum atomic E-state index is 12.9. The zero-order valence-corrected chi connectivity index (χ0v) is 7.88. The number of hydrogen-bond acceptors (Lipinski definition) is 3. The number of aromatic hydroxyl groups is 1. The van der Waals surface area contributed by atoms with E-state index in [4.69, 9.17) is 5.11 Å². The van der Waals surface area contributed by atoms with Gasteiger partial charge in [-0.3, -0.25) is 0 Å². The van der Waals surface area contributed by atoms with Crippen molar-refractivity contribution in [3.05, 3.63) is 35.9 Å². The van der Waals surface area contributed by atoms with Crippen molar-refractivity contribution in [1.82, 2.24) is 0 Å². The van der Waals surface area contributed by atoms with Gasteiger partial charge < -0.3 is 9.84 Å². The van der Waals surface area contributed by atoms with Gasteiger partial charge in [-0.05, 0) is 17.7 Å². The zero-order valence-electron chi connectivity index (χ0n) is 7.88. The number of carbonyl (C=O) groups is 1. The monoisotopic (exact) mass is 214 g/mol. The summed E-state index contributed by atoms with van der Waals surface area (Å²) >= 11 is 0. The van der Waals surface area contributed by atoms with Crippen molar-refractivity contribution >= 4 is 11.5 Å². The second-order valence-corrected chi connectivity index (χ2v) is 2.76. The molecule has 5 heteroatoms. The summed E-state index contributed by atoms with van der Waals surface area (Å²) in [6, 6.07) is 1.61. The van der Waals surface area contributed by atoms with Gasteiger partial charge in [0.05, 0.1) is 12.7 Å². The fraction of sp³-hybridized carbons (Fsp3) is 0.100. The van der Waals surface area contributed by atoms with E-state index in [2.05, 4.69) is 11.3 Å². The second-order valence-electron chi connectivity index (χ2n) is 2.76. The van der Waals surface area contributed by atoms with Gasteiger partial charge in [0.15, 0.2) is 17.4 Å². The van der Waals surface area contributed by atoms with Crippen molar-refractivity contribution in [3.63, 3.8) is 0 Å². The Morgan fingerprint density at radius 3 is 2.27 bits per heavy atom. The van der Waals surface area contributed by atoms with Crippen LogP contribution in [0.1, 0.15) is 5.56 Å². The molecule has 0 saturated carbocycles. The Hall–Kier alpha value is -1.91. The minimum atomic E-state index is -1.16. The van der Waals surface area contributed by atoms with E-state index in [0.29, 0.717) is 0 Å². The molecule has 80 valence electrons. The smallest absolute Gasteiger partial charge is 0.337 e. The van der Waals surface area contributed by atoms with Crippen molar-refractivity contribution in [2.24, 2.45) is 0 Å². The predicted molar refractivity (Wildman–Crippen MR) is 49.1 cm³/mol. The van der Waals surface area contributed by atoms with Crippen molar-refractivity contribution in [2.45, 2.75) is 0 Å². The molecule has 1 aromatic carbocycles. The predicted octanol–water partition coefficient (Wildman–Crippen LogP) is 1.86. The van der Waals surface area contributed by atoms with Gasteiger partial charge in [-0.15, -0.1) is 0 Å². The molecule has 0 aliphatic carbocycles. The molecular weight excluding hydrogens is 206 g/mol. The molecule has 1 rings (SSSR count). The Kier molecular flexibility index (Phi) is 3.04. The highest BCUT2D eigenvalue weighted by Crippen LogP contribution is 2.25. The third-order valence-corrected chi connectivity index (χ3v) is 1.80. The molecule has 0 spiro atoms. The number of hydrogen-bond donors (Lipinski definition) is 1. The number of benzene rings is 1. The van der Waals surface area contributed by atoms with Gasteiger partial charge in [-0.2, -0.15) is 0 Å². The number of ether oxygens (including phenoxy) is 1. The highest BCUT2D eigenvalue weighted by molar-refractivity contribution is 6.15. The lowest BCUT2D eigenvalue weighted by molar-refractivity contribution is -0.133. The van der Waals surface area contributed by atoms with Crippen LogP contribution in [0.3, 0.4) is 0 Å². The van der Waals surface area contributed by atoms with E-state index in [1.807, 2.05) is 0 Å². The number of methoxy groups -OCH3 is 1. The molecule has 0 bridgehead atoms. The Morgan fingerprint density at radius 1 is 1.40 bits per heavy atom. The normalized spacial score (nSPS) is 9.80. The number of halogens is 2. The first-order valence-corrected chi connectivity index (χ1v) is 3.93. The standard InChI is InChI=1S/C10H8F2O3/c1-5(10(14)15-2)6-3-7(11)9(13)8(12)4-6/h3-4,13H,1H2,2H3. The summed E-state index contributed by atoms with van der Waals surface area (Å²) in [5.41, 5.74) is -0.259. The lowest BCUT2D eigenvalue weighted by atomic mass is 10.1. The SMILES string of the molecule is C=C(C(=O)OC)c1cc(F)c(O)c(F)c1. The third-order valence-electron chi connectivity index (χ3n) is 1.80. The molecular formula is C10H8F2O3. The highest BCUT2D eigenvalue weighted by atomic mass is 19.1. The molecule has 0 atom stereocenters. The fourth-order valence-electron chi connectivity index (χ4n) is 0.981. The fourth-order valence-corrected chi connectivity index (χ4v) is 0.981. The molecule has 0 radical (unpaired) electrons. The Bertz CT molecular complexity index is 404. The largest absolute Gasteiger partial charge is 0.503 e. The summed E-state index contributed by atoms with van der Waals surface area (Å²) in [5.74, 6) is -4.19. The molecule has 0 heterocycles. The summed E-state index contributed by atoms with van der Waals surface area (Å²) in [5, 5.41) is 8.81. The zero-order chi connectivity index (χ0) is 11.6. The molecule has 0 amide bonds. The molecule has 0 aromatic heterocycles. The van der Waals surface area contributed by atoms with Gasteiger partial charge in [0, 0.05) is 0 Å². The number of rotatable bonds is 2. The molecule has 3 nitrogen and oxygen atoms in total. The summed E-state index contributed by atoms with van der Waals surface area (Å²) in [6.07, 6.45) is 0. The van der Waals surface area contributed by atoms with Crippen LogP contribution in [0.25, 0.3) is 5.57 Å². The topological polar surface area (TPSA) is 46.5 Å². The van der Waals surface area contributed by atoms with Crippen LogP contribution >= 0.6 is 0 Å². The molecule has 0 saturated heterocycles. The lowest BCUT2D eigenvalue weighted by Crippen LogP contribution is -2.03. The molecule has 0 aliphatic rings. The van der Waals surface area contributed by atoms with E-state index in [9.17, 15) is 13.6 Å². The van der Waals surface area contributed by atoms with Crippen LogP contribution in [0.5, 0.6) is 5.75 Å². The Labute approximate surface area is 84.6 Å². The number of esters is 1. The molecule has 0 unspecified atom stereocenters. The van der Waals surface area contributed by atoms with E-state index >= 15 is 0 Å². The van der Waals surface area contributed by atoms with Crippen molar-refractivity contribution in [1.29, 1.82) is 0 Å². The molecule has 1 aromatic rings. The first kappa shape index (κ1) is 11.2. The summed E-state index contributed by atoms with van der Waals surface area (Å²) < 4.78 is 30.1. The van der Waals surface area contributed by atoms with Crippen molar-refractivity contribution in [3.8, 4) is 5.75 Å². The maximum absolute atomic E-state index is 12.9. The summed E-state index contributed by atoms with van der Waals surface area (Å²) in [4.78, 5) is 11.0. The second kappa shape index (κ2) is 4.08. The van der Waals surface area contributed by atoms with Gasteiger partial charge in [0.1, 0.15) is 0 Å². The minimum Gasteiger partial charge on any atom is -0.503 e. The molecule has 1 N–H and O–H groups in total. The minimum absolute atomic E-state index is 0.0744. The third kappa shape index (κ3) is 2.12. The van der Waals surface area contributed by atoms with Crippen LogP contribution in [-0.4, -0.2) is 18.2 Å². The number of carbonyl (C=O) groups excluding carboxylic acids is 1. The van der Waals surface area contributed by atoms with E-state index in [-0.39, 0.29) is 11.1 Å². The van der Waals surface area contributed by atoms with Crippen LogP contribution in [0.15, 0.2) is 18.7 Å². The van der Waals surface area contributed by atoms with Gasteiger partial charge in [-0.1, -0.05) is 6.58 Å². The first-order chi connectivity index (χ1) is 6.97. The molecule has 0 aliphatic heterocycles. The van der Waals surface area contributed by atoms with Crippen LogP contribution in [0, 0.1) is 11.6 Å².